The van der Waals surface area contributed by atoms with Gasteiger partial charge in [-0.3, -0.25) is 28.8 Å². The molecule has 11 heteroatoms. The van der Waals surface area contributed by atoms with Crippen molar-refractivity contribution in [2.45, 2.75) is 533 Å². The lowest BCUT2D eigenvalue weighted by atomic mass is 9.86. The molecule has 0 radical (unpaired) electrons. The second-order valence-corrected chi connectivity index (χ2v) is 59.2. The highest BCUT2D eigenvalue weighted by Gasteiger charge is 2.25. The highest BCUT2D eigenvalue weighted by atomic mass is 16.7. The van der Waals surface area contributed by atoms with Crippen molar-refractivity contribution in [3.63, 3.8) is 0 Å². The van der Waals surface area contributed by atoms with Gasteiger partial charge in [-0.15, -0.1) is 0 Å². The van der Waals surface area contributed by atoms with Crippen LogP contribution in [0.3, 0.4) is 0 Å². The van der Waals surface area contributed by atoms with Gasteiger partial charge in [0.25, 0.3) is 0 Å². The molecule has 11 nitrogen and oxygen atoms in total. The molecule has 858 valence electrons. The number of carbonyl (C=O) groups excluding carboxylic acids is 6. The van der Waals surface area contributed by atoms with Crippen molar-refractivity contribution in [3.8, 4) is 17.2 Å². The van der Waals surface area contributed by atoms with E-state index in [0.29, 0.717) is 86.6 Å². The Labute approximate surface area is 920 Å². The highest BCUT2D eigenvalue weighted by molar-refractivity contribution is 6.01. The van der Waals surface area contributed by atoms with Crippen LogP contribution in [-0.4, -0.2) is 67.1 Å². The van der Waals surface area contributed by atoms with Crippen LogP contribution < -0.4 is 14.2 Å². The van der Waals surface area contributed by atoms with E-state index < -0.39 is 0 Å². The Morgan fingerprint density at radius 2 is 0.392 bits per heavy atom. The minimum absolute atomic E-state index is 0.00593. The zero-order valence-corrected chi connectivity index (χ0v) is 109. The Balaban J connectivity index is -0.000000203. The maximum absolute atomic E-state index is 11.1. The van der Waals surface area contributed by atoms with E-state index in [1.54, 1.807) is 0 Å². The van der Waals surface area contributed by atoms with E-state index in [2.05, 4.69) is 481 Å². The first-order valence-corrected chi connectivity index (χ1v) is 55.6. The molecule has 0 aliphatic heterocycles. The van der Waals surface area contributed by atoms with Gasteiger partial charge >= 0.3 is 0 Å². The third-order valence-electron chi connectivity index (χ3n) is 18.9. The molecule has 6 rings (SSSR count). The summed E-state index contributed by atoms with van der Waals surface area (Å²) in [6, 6.07) is 56.5. The first-order chi connectivity index (χ1) is 65.9. The summed E-state index contributed by atoms with van der Waals surface area (Å²) in [5.41, 5.74) is 13.7. The number of Topliss-reactive ketones (excluding diaryl/α,β-unsaturated/α-hetero) is 6. The number of carbonyl (C=O) groups is 6. The summed E-state index contributed by atoms with van der Waals surface area (Å²) in [7, 11) is 0. The maximum Gasteiger partial charge on any atom is 0.196 e. The number of ether oxygens (including phenoxy) is 5. The lowest BCUT2D eigenvalue weighted by Gasteiger charge is -2.20. The first kappa shape index (κ1) is 158. The molecule has 2 unspecified atom stereocenters. The summed E-state index contributed by atoms with van der Waals surface area (Å²) in [4.78, 5) is 66.7. The third-order valence-corrected chi connectivity index (χ3v) is 18.9. The van der Waals surface area contributed by atoms with E-state index in [-0.39, 0.29) is 92.1 Å². The standard InChI is InChI=1S/C15H24O2.C14H22O2.3C12H22O2.C12H18O.3C10H14.6C5H12/c1-6-16-12(2)17-14-9-7-13(8-10-14)11-15(3,4)5;1-6-15-11(2)16-13-9-7-12(8-10-13)14(3,4)5;3*1-9(13)11(10(2)14)7-6-8-12(3,4)5;1-5-13-11-8-6-10(7-9-11)12(2,3)4;3*1-10(2,3)9-7-5-4-6-8-9;6*1-5(2,3)4/h7-10,12H,6,11H2,1-5H3;7-11H,6H2,1-5H3;3*11H,6-8H2,1-5H3;6-9H,5H2,1-4H3;3*4-8H,1-3H3;6*1-4H3. The Bertz CT molecular complexity index is 3860. The Kier molecular flexibility index (Phi) is 81.5. The molecule has 6 aromatic carbocycles. The van der Waals surface area contributed by atoms with E-state index in [4.69, 9.17) is 23.7 Å². The molecule has 0 aliphatic carbocycles. The molecule has 0 spiro atoms. The van der Waals surface area contributed by atoms with Crippen molar-refractivity contribution in [2.75, 3.05) is 19.8 Å². The fourth-order valence-corrected chi connectivity index (χ4v) is 11.9. The summed E-state index contributed by atoms with van der Waals surface area (Å²) in [5.74, 6) is 1.62. The van der Waals surface area contributed by atoms with Crippen molar-refractivity contribution >= 4 is 34.7 Å². The monoisotopic (exact) mass is 2070 g/mol. The van der Waals surface area contributed by atoms with Crippen molar-refractivity contribution in [1.82, 2.24) is 0 Å². The van der Waals surface area contributed by atoms with E-state index in [9.17, 15) is 28.8 Å². The Hall–Kier alpha value is -7.34. The molecule has 0 heterocycles. The molecule has 6 aromatic rings. The number of hydrogen-bond acceptors (Lipinski definition) is 11. The minimum Gasteiger partial charge on any atom is -0.494 e. The molecular formula is C137H244O11. The first-order valence-electron chi connectivity index (χ1n) is 55.6. The summed E-state index contributed by atoms with van der Waals surface area (Å²) in [5, 5.41) is 0. The van der Waals surface area contributed by atoms with Crippen LogP contribution in [0.15, 0.2) is 164 Å². The topological polar surface area (TPSA) is 149 Å². The van der Waals surface area contributed by atoms with Gasteiger partial charge in [-0.2, -0.15) is 0 Å². The van der Waals surface area contributed by atoms with Crippen molar-refractivity contribution < 1.29 is 52.5 Å². The molecule has 0 amide bonds. The van der Waals surface area contributed by atoms with E-state index in [1.807, 2.05) is 71.0 Å². The van der Waals surface area contributed by atoms with Crippen LogP contribution in [0, 0.1) is 71.9 Å². The number of ketones is 6. The summed E-state index contributed by atoms with van der Waals surface area (Å²) in [6.45, 7) is 133. The average Bonchev–Trinajstić information content (AvgIpc) is 0.489. The zero-order valence-electron chi connectivity index (χ0n) is 109. The van der Waals surface area contributed by atoms with Crippen molar-refractivity contribution in [1.29, 1.82) is 0 Å². The van der Waals surface area contributed by atoms with Gasteiger partial charge in [-0.1, -0.05) is 500 Å². The van der Waals surface area contributed by atoms with Crippen molar-refractivity contribution in [2.24, 2.45) is 71.9 Å². The van der Waals surface area contributed by atoms with E-state index in [0.717, 1.165) is 68.8 Å². The molecule has 0 saturated carbocycles. The second kappa shape index (κ2) is 76.2. The number of rotatable bonds is 26. The number of benzene rings is 6. The quantitative estimate of drug-likeness (QED) is 0.0377. The van der Waals surface area contributed by atoms with Crippen LogP contribution in [0.1, 0.15) is 520 Å². The number of hydrogen-bond donors (Lipinski definition) is 0. The summed E-state index contributed by atoms with van der Waals surface area (Å²) >= 11 is 0. The van der Waals surface area contributed by atoms with Crippen LogP contribution >= 0.6 is 0 Å². The van der Waals surface area contributed by atoms with Gasteiger partial charge in [-0.25, -0.2) is 0 Å². The molecule has 0 fully saturated rings. The van der Waals surface area contributed by atoms with E-state index >= 15 is 0 Å². The van der Waals surface area contributed by atoms with Gasteiger partial charge in [0.15, 0.2) is 12.6 Å². The SMILES string of the molecule is CC(=O)C(CCCC(C)(C)C)C(C)=O.CC(=O)C(CCCC(C)(C)C)C(C)=O.CC(=O)C(CCCC(C)(C)C)C(C)=O.CC(C)(C)C.CC(C)(C)C.CC(C)(C)C.CC(C)(C)C.CC(C)(C)C.CC(C)(C)C.CC(C)(C)c1ccccc1.CC(C)(C)c1ccccc1.CC(C)(C)c1ccccc1.CCOC(C)Oc1ccc(C(C)(C)C)cc1.CCOC(C)Oc1ccc(CC(C)(C)C)cc1.CCOc1ccc(C(C)(C)C)cc1. The predicted octanol–water partition coefficient (Wildman–Crippen LogP) is 41.4. The second-order valence-electron chi connectivity index (χ2n) is 59.2. The largest absolute Gasteiger partial charge is 0.494 e. The fraction of sp³-hybridized carbons (Fsp3) is 0.693. The van der Waals surface area contributed by atoms with Gasteiger partial charge in [0, 0.05) is 13.2 Å². The molecule has 0 N–H and O–H groups in total. The summed E-state index contributed by atoms with van der Waals surface area (Å²) < 4.78 is 27.2. The fourth-order valence-electron chi connectivity index (χ4n) is 11.9. The Morgan fingerprint density at radius 1 is 0.223 bits per heavy atom. The molecular weight excluding hydrogens is 1820 g/mol. The van der Waals surface area contributed by atoms with Crippen molar-refractivity contribution in [3.05, 3.63) is 197 Å². The maximum atomic E-state index is 11.1. The summed E-state index contributed by atoms with van der Waals surface area (Å²) in [6.07, 6.45) is 8.87. The minimum atomic E-state index is -0.364. The van der Waals surface area contributed by atoms with Crippen LogP contribution in [0.2, 0.25) is 0 Å². The van der Waals surface area contributed by atoms with Gasteiger partial charge in [0.2, 0.25) is 0 Å². The van der Waals surface area contributed by atoms with Gasteiger partial charge < -0.3 is 23.7 Å². The molecule has 0 aromatic heterocycles. The molecule has 0 bridgehead atoms. The lowest BCUT2D eigenvalue weighted by Crippen LogP contribution is -2.20. The average molecular weight is 2070 g/mol. The van der Waals surface area contributed by atoms with Crippen LogP contribution in [0.5, 0.6) is 17.2 Å². The van der Waals surface area contributed by atoms with Crippen LogP contribution in [-0.2, 0) is 71.7 Å². The van der Waals surface area contributed by atoms with Gasteiger partial charge in [0.05, 0.1) is 24.4 Å². The smallest absolute Gasteiger partial charge is 0.196 e. The predicted molar refractivity (Wildman–Crippen MR) is 655 cm³/mol. The highest BCUT2D eigenvalue weighted by Crippen LogP contribution is 2.32. The lowest BCUT2D eigenvalue weighted by molar-refractivity contribution is -0.132. The molecule has 0 saturated heterocycles. The zero-order chi connectivity index (χ0) is 119. The van der Waals surface area contributed by atoms with Crippen LogP contribution in [0.25, 0.3) is 0 Å². The van der Waals surface area contributed by atoms with Gasteiger partial charge in [-0.05, 0) is 272 Å². The molecule has 2 atom stereocenters. The van der Waals surface area contributed by atoms with E-state index in [1.165, 1.54) is 74.9 Å². The Morgan fingerprint density at radius 3 is 0.534 bits per heavy atom. The molecule has 148 heavy (non-hydrogen) atoms. The normalized spacial score (nSPS) is 12.1. The molecule has 0 aliphatic rings. The van der Waals surface area contributed by atoms with Gasteiger partial charge in [0.1, 0.15) is 51.9 Å². The van der Waals surface area contributed by atoms with Crippen LogP contribution in [0.4, 0.5) is 0 Å². The third kappa shape index (κ3) is 127.